The quantitative estimate of drug-likeness (QED) is 0.770. The van der Waals surface area contributed by atoms with Gasteiger partial charge < -0.3 is 15.1 Å². The highest BCUT2D eigenvalue weighted by Gasteiger charge is 2.36. The summed E-state index contributed by atoms with van der Waals surface area (Å²) in [5, 5.41) is 18.6. The van der Waals surface area contributed by atoms with Gasteiger partial charge in [-0.2, -0.15) is 0 Å². The van der Waals surface area contributed by atoms with Crippen LogP contribution in [0.5, 0.6) is 0 Å². The molecule has 1 unspecified atom stereocenters. The number of carbonyl (C=O) groups excluding carboxylic acids is 1. The summed E-state index contributed by atoms with van der Waals surface area (Å²) >= 11 is 0. The molecule has 1 heterocycles. The number of piperidine rings is 1. The zero-order valence-electron chi connectivity index (χ0n) is 11.1. The van der Waals surface area contributed by atoms with E-state index in [9.17, 15) is 15.0 Å². The Balaban J connectivity index is 2.55. The molecule has 1 amide bonds. The van der Waals surface area contributed by atoms with Crippen molar-refractivity contribution in [1.82, 2.24) is 4.90 Å². The molecule has 0 aromatic rings. The van der Waals surface area contributed by atoms with E-state index in [0.29, 0.717) is 31.8 Å². The van der Waals surface area contributed by atoms with Crippen LogP contribution in [-0.4, -0.2) is 47.3 Å². The highest BCUT2D eigenvalue weighted by molar-refractivity contribution is 5.78. The SMILES string of the molecule is CC(C)C(C)C(=O)N1CCC(CO)(CO)CC1. The van der Waals surface area contributed by atoms with Gasteiger partial charge in [0.2, 0.25) is 5.91 Å². The number of likely N-dealkylation sites (tertiary alicyclic amines) is 1. The smallest absolute Gasteiger partial charge is 0.225 e. The minimum Gasteiger partial charge on any atom is -0.396 e. The van der Waals surface area contributed by atoms with Crippen molar-refractivity contribution >= 4 is 5.91 Å². The van der Waals surface area contributed by atoms with Crippen LogP contribution in [0.1, 0.15) is 33.6 Å². The Morgan fingerprint density at radius 3 is 2.00 bits per heavy atom. The van der Waals surface area contributed by atoms with Gasteiger partial charge in [-0.15, -0.1) is 0 Å². The van der Waals surface area contributed by atoms with Crippen molar-refractivity contribution in [2.24, 2.45) is 17.3 Å². The fourth-order valence-electron chi connectivity index (χ4n) is 2.14. The molecule has 4 nitrogen and oxygen atoms in total. The second-order valence-corrected chi connectivity index (χ2v) is 5.67. The normalized spacial score (nSPS) is 21.6. The number of hydrogen-bond donors (Lipinski definition) is 2. The van der Waals surface area contributed by atoms with Crippen molar-refractivity contribution in [2.75, 3.05) is 26.3 Å². The van der Waals surface area contributed by atoms with E-state index >= 15 is 0 Å². The Kier molecular flexibility index (Phi) is 4.95. The minimum absolute atomic E-state index is 0.00522. The predicted octanol–water partition coefficient (Wildman–Crippen LogP) is 0.872. The predicted molar refractivity (Wildman–Crippen MR) is 66.4 cm³/mol. The summed E-state index contributed by atoms with van der Waals surface area (Å²) in [5.41, 5.74) is -0.377. The van der Waals surface area contributed by atoms with Gasteiger partial charge in [-0.25, -0.2) is 0 Å². The van der Waals surface area contributed by atoms with E-state index in [2.05, 4.69) is 13.8 Å². The van der Waals surface area contributed by atoms with Crippen LogP contribution in [0.2, 0.25) is 0 Å². The fraction of sp³-hybridized carbons (Fsp3) is 0.923. The van der Waals surface area contributed by atoms with E-state index in [1.165, 1.54) is 0 Å². The molecule has 0 radical (unpaired) electrons. The molecule has 100 valence electrons. The van der Waals surface area contributed by atoms with Gasteiger partial charge in [-0.3, -0.25) is 4.79 Å². The third-order valence-corrected chi connectivity index (χ3v) is 4.20. The standard InChI is InChI=1S/C13H25NO3/c1-10(2)11(3)12(17)14-6-4-13(8-15,9-16)5-7-14/h10-11,15-16H,4-9H2,1-3H3. The molecule has 0 bridgehead atoms. The van der Waals surface area contributed by atoms with Crippen LogP contribution in [0.3, 0.4) is 0 Å². The summed E-state index contributed by atoms with van der Waals surface area (Å²) in [6.07, 6.45) is 1.38. The summed E-state index contributed by atoms with van der Waals surface area (Å²) in [5.74, 6) is 0.597. The van der Waals surface area contributed by atoms with Gasteiger partial charge in [0.15, 0.2) is 0 Å². The molecule has 1 aliphatic heterocycles. The Bertz CT molecular complexity index is 251. The molecular weight excluding hydrogens is 218 g/mol. The van der Waals surface area contributed by atoms with E-state index in [-0.39, 0.29) is 30.5 Å². The second kappa shape index (κ2) is 5.83. The zero-order chi connectivity index (χ0) is 13.1. The average Bonchev–Trinajstić information content (AvgIpc) is 2.37. The van der Waals surface area contributed by atoms with Gasteiger partial charge in [-0.1, -0.05) is 20.8 Å². The molecule has 0 spiro atoms. The van der Waals surface area contributed by atoms with Crippen LogP contribution in [0.25, 0.3) is 0 Å². The molecule has 1 saturated heterocycles. The van der Waals surface area contributed by atoms with Gasteiger partial charge in [-0.05, 0) is 18.8 Å². The molecule has 0 saturated carbocycles. The van der Waals surface area contributed by atoms with Crippen molar-refractivity contribution in [2.45, 2.75) is 33.6 Å². The highest BCUT2D eigenvalue weighted by Crippen LogP contribution is 2.31. The van der Waals surface area contributed by atoms with E-state index in [1.54, 1.807) is 0 Å². The molecule has 0 aliphatic carbocycles. The summed E-state index contributed by atoms with van der Waals surface area (Å²) in [7, 11) is 0. The lowest BCUT2D eigenvalue weighted by atomic mass is 9.79. The maximum absolute atomic E-state index is 12.1. The maximum atomic E-state index is 12.1. The monoisotopic (exact) mass is 243 g/mol. The van der Waals surface area contributed by atoms with Crippen molar-refractivity contribution < 1.29 is 15.0 Å². The Morgan fingerprint density at radius 1 is 1.18 bits per heavy atom. The molecule has 1 rings (SSSR count). The first kappa shape index (κ1) is 14.5. The molecule has 17 heavy (non-hydrogen) atoms. The number of carbonyl (C=O) groups is 1. The first-order valence-corrected chi connectivity index (χ1v) is 6.46. The summed E-state index contributed by atoms with van der Waals surface area (Å²) in [6, 6.07) is 0. The third kappa shape index (κ3) is 3.19. The van der Waals surface area contributed by atoms with E-state index in [1.807, 2.05) is 11.8 Å². The lowest BCUT2D eigenvalue weighted by Crippen LogP contribution is -2.48. The van der Waals surface area contributed by atoms with E-state index in [4.69, 9.17) is 0 Å². The molecular formula is C13H25NO3. The molecule has 1 atom stereocenters. The topological polar surface area (TPSA) is 60.8 Å². The van der Waals surface area contributed by atoms with Crippen molar-refractivity contribution in [3.63, 3.8) is 0 Å². The first-order chi connectivity index (χ1) is 7.95. The summed E-state index contributed by atoms with van der Waals surface area (Å²) in [6.45, 7) is 7.38. The maximum Gasteiger partial charge on any atom is 0.225 e. The molecule has 4 heteroatoms. The Hall–Kier alpha value is -0.610. The second-order valence-electron chi connectivity index (χ2n) is 5.67. The minimum atomic E-state index is -0.377. The third-order valence-electron chi connectivity index (χ3n) is 4.20. The molecule has 0 aromatic heterocycles. The lowest BCUT2D eigenvalue weighted by Gasteiger charge is -2.40. The highest BCUT2D eigenvalue weighted by atomic mass is 16.3. The number of aliphatic hydroxyl groups excluding tert-OH is 2. The van der Waals surface area contributed by atoms with Crippen LogP contribution in [0.4, 0.5) is 0 Å². The molecule has 0 aromatic carbocycles. The van der Waals surface area contributed by atoms with Gasteiger partial charge in [0.25, 0.3) is 0 Å². The fourth-order valence-corrected chi connectivity index (χ4v) is 2.14. The van der Waals surface area contributed by atoms with Gasteiger partial charge in [0.05, 0.1) is 13.2 Å². The van der Waals surface area contributed by atoms with Crippen LogP contribution >= 0.6 is 0 Å². The summed E-state index contributed by atoms with van der Waals surface area (Å²) < 4.78 is 0. The first-order valence-electron chi connectivity index (χ1n) is 6.46. The van der Waals surface area contributed by atoms with Crippen LogP contribution in [0, 0.1) is 17.3 Å². The number of hydrogen-bond acceptors (Lipinski definition) is 3. The Labute approximate surface area is 104 Å². The van der Waals surface area contributed by atoms with E-state index in [0.717, 1.165) is 0 Å². The lowest BCUT2D eigenvalue weighted by molar-refractivity contribution is -0.140. The number of rotatable bonds is 4. The van der Waals surface area contributed by atoms with Crippen molar-refractivity contribution in [3.05, 3.63) is 0 Å². The largest absolute Gasteiger partial charge is 0.396 e. The Morgan fingerprint density at radius 2 is 1.65 bits per heavy atom. The average molecular weight is 243 g/mol. The van der Waals surface area contributed by atoms with Crippen LogP contribution < -0.4 is 0 Å². The van der Waals surface area contributed by atoms with Crippen LogP contribution in [-0.2, 0) is 4.79 Å². The summed E-state index contributed by atoms with van der Waals surface area (Å²) in [4.78, 5) is 14.0. The molecule has 2 N–H and O–H groups in total. The van der Waals surface area contributed by atoms with Gasteiger partial charge in [0, 0.05) is 24.4 Å². The van der Waals surface area contributed by atoms with Gasteiger partial charge in [0.1, 0.15) is 0 Å². The van der Waals surface area contributed by atoms with Crippen molar-refractivity contribution in [3.8, 4) is 0 Å². The number of aliphatic hydroxyl groups is 2. The number of nitrogens with zero attached hydrogens (tertiary/aromatic N) is 1. The number of amides is 1. The van der Waals surface area contributed by atoms with E-state index < -0.39 is 0 Å². The van der Waals surface area contributed by atoms with Crippen LogP contribution in [0.15, 0.2) is 0 Å². The van der Waals surface area contributed by atoms with Gasteiger partial charge >= 0.3 is 0 Å². The molecule has 1 aliphatic rings. The molecule has 1 fully saturated rings. The zero-order valence-corrected chi connectivity index (χ0v) is 11.1. The van der Waals surface area contributed by atoms with Crippen molar-refractivity contribution in [1.29, 1.82) is 0 Å².